The van der Waals surface area contributed by atoms with Gasteiger partial charge in [0.2, 0.25) is 11.8 Å². The summed E-state index contributed by atoms with van der Waals surface area (Å²) >= 11 is 24.7. The number of aryl methyl sites for hydroxylation is 2. The Hall–Kier alpha value is -2.38. The van der Waals surface area contributed by atoms with Crippen molar-refractivity contribution < 1.29 is 19.1 Å². The van der Waals surface area contributed by atoms with Crippen LogP contribution in [0.5, 0.6) is 11.5 Å². The Morgan fingerprint density at radius 2 is 1.03 bits per heavy atom. The number of hydrogen-bond donors (Lipinski definition) is 2. The molecule has 196 valence electrons. The number of halogens is 4. The Morgan fingerprint density at radius 3 is 1.33 bits per heavy atom. The van der Waals surface area contributed by atoms with Crippen molar-refractivity contribution in [3.05, 3.63) is 66.6 Å². The van der Waals surface area contributed by atoms with Crippen LogP contribution in [-0.4, -0.2) is 40.1 Å². The van der Waals surface area contributed by atoms with Crippen LogP contribution in [-0.2, 0) is 9.59 Å². The summed E-state index contributed by atoms with van der Waals surface area (Å²) in [5.74, 6) is 0.351. The molecule has 0 radical (unpaired) electrons. The molecule has 6 nitrogen and oxygen atoms in total. The van der Waals surface area contributed by atoms with E-state index in [2.05, 4.69) is 10.6 Å². The SMILES string of the molecule is CNC(=O)/C=C(/C)c1cc(/C(C)=C\C(=O)NC)c(Cl)c(OC)c1Cl.COc1c(Cl)c(C)cc(C)c1Cl. The lowest BCUT2D eigenvalue weighted by Crippen LogP contribution is -2.15. The molecule has 0 bridgehead atoms. The van der Waals surface area contributed by atoms with Crippen molar-refractivity contribution in [2.75, 3.05) is 28.3 Å². The minimum absolute atomic E-state index is 0.253. The Morgan fingerprint density at radius 1 is 0.694 bits per heavy atom. The number of nitrogens with one attached hydrogen (secondary N) is 2. The summed E-state index contributed by atoms with van der Waals surface area (Å²) in [6.07, 6.45) is 2.85. The van der Waals surface area contributed by atoms with E-state index in [0.717, 1.165) is 11.1 Å². The van der Waals surface area contributed by atoms with Crippen molar-refractivity contribution in [2.45, 2.75) is 27.7 Å². The fourth-order valence-electron chi connectivity index (χ4n) is 3.14. The maximum Gasteiger partial charge on any atom is 0.244 e. The summed E-state index contributed by atoms with van der Waals surface area (Å²) in [5.41, 5.74) is 4.44. The minimum Gasteiger partial charge on any atom is -0.494 e. The van der Waals surface area contributed by atoms with Crippen molar-refractivity contribution in [3.8, 4) is 11.5 Å². The standard InChI is InChI=1S/C17H20Cl2N2O3.C9H10Cl2O/c1-9(6-13(22)20-3)11-8-12(10(2)7-14(23)21-4)16(19)17(24-5)15(11)18;1-5-4-6(2)8(11)9(12-3)7(5)10/h6-8H,1-5H3,(H,20,22)(H,21,23);4H,1-3H3/b9-6-,10-7-;. The number of likely N-dealkylation sites (N-methyl/N-ethyl adjacent to an activating group) is 2. The average Bonchev–Trinajstić information content (AvgIpc) is 2.83. The molecule has 0 aromatic heterocycles. The van der Waals surface area contributed by atoms with E-state index in [9.17, 15) is 9.59 Å². The van der Waals surface area contributed by atoms with Gasteiger partial charge in [0.1, 0.15) is 0 Å². The number of carbonyl (C=O) groups is 2. The summed E-state index contributed by atoms with van der Waals surface area (Å²) in [7, 11) is 6.10. The Balaban J connectivity index is 0.000000450. The Kier molecular flexibility index (Phi) is 12.6. The maximum absolute atomic E-state index is 11.6. The number of allylic oxidation sites excluding steroid dienone is 2. The summed E-state index contributed by atoms with van der Waals surface area (Å²) in [4.78, 5) is 23.2. The number of rotatable bonds is 6. The molecular weight excluding hydrogens is 546 g/mol. The fraction of sp³-hybridized carbons (Fsp3) is 0.308. The molecule has 0 heterocycles. The van der Waals surface area contributed by atoms with Gasteiger partial charge in [-0.15, -0.1) is 0 Å². The molecule has 0 aliphatic carbocycles. The molecule has 2 amide bonds. The molecule has 2 aromatic carbocycles. The van der Waals surface area contributed by atoms with Crippen molar-refractivity contribution in [1.29, 1.82) is 0 Å². The Bertz CT molecular complexity index is 1120. The smallest absolute Gasteiger partial charge is 0.244 e. The first kappa shape index (κ1) is 31.6. The molecule has 0 aliphatic heterocycles. The molecule has 2 N–H and O–H groups in total. The molecule has 2 aromatic rings. The molecule has 0 unspecified atom stereocenters. The van der Waals surface area contributed by atoms with E-state index in [0.29, 0.717) is 53.9 Å². The van der Waals surface area contributed by atoms with Crippen LogP contribution in [0.2, 0.25) is 20.1 Å². The zero-order chi connectivity index (χ0) is 27.7. The first-order valence-electron chi connectivity index (χ1n) is 10.7. The highest BCUT2D eigenvalue weighted by Gasteiger charge is 2.19. The van der Waals surface area contributed by atoms with Crippen molar-refractivity contribution in [2.24, 2.45) is 0 Å². The quantitative estimate of drug-likeness (QED) is 0.366. The topological polar surface area (TPSA) is 76.7 Å². The van der Waals surface area contributed by atoms with Gasteiger partial charge in [-0.2, -0.15) is 0 Å². The lowest BCUT2D eigenvalue weighted by molar-refractivity contribution is -0.116. The molecule has 0 saturated carbocycles. The lowest BCUT2D eigenvalue weighted by atomic mass is 9.98. The molecule has 36 heavy (non-hydrogen) atoms. The molecule has 0 atom stereocenters. The molecule has 0 fully saturated rings. The van der Waals surface area contributed by atoms with Gasteiger partial charge >= 0.3 is 0 Å². The summed E-state index contributed by atoms with van der Waals surface area (Å²) < 4.78 is 10.4. The number of methoxy groups -OCH3 is 2. The first-order valence-corrected chi connectivity index (χ1v) is 12.2. The van der Waals surface area contributed by atoms with E-state index < -0.39 is 0 Å². The van der Waals surface area contributed by atoms with E-state index in [4.69, 9.17) is 55.9 Å². The summed E-state index contributed by atoms with van der Waals surface area (Å²) in [6.45, 7) is 7.36. The highest BCUT2D eigenvalue weighted by Crippen LogP contribution is 2.43. The molecular formula is C26H30Cl4N2O4. The highest BCUT2D eigenvalue weighted by molar-refractivity contribution is 6.39. The first-order chi connectivity index (χ1) is 16.8. The highest BCUT2D eigenvalue weighted by atomic mass is 35.5. The van der Waals surface area contributed by atoms with E-state index >= 15 is 0 Å². The fourth-order valence-corrected chi connectivity index (χ4v) is 4.44. The number of carbonyl (C=O) groups excluding carboxylic acids is 2. The van der Waals surface area contributed by atoms with Crippen molar-refractivity contribution in [3.63, 3.8) is 0 Å². The molecule has 0 aliphatic rings. The third-order valence-corrected chi connectivity index (χ3v) is 6.82. The third-order valence-electron chi connectivity index (χ3n) is 5.13. The van der Waals surface area contributed by atoms with Gasteiger partial charge in [-0.3, -0.25) is 9.59 Å². The third kappa shape index (κ3) is 7.81. The zero-order valence-corrected chi connectivity index (χ0v) is 24.5. The monoisotopic (exact) mass is 574 g/mol. The summed E-state index contributed by atoms with van der Waals surface area (Å²) in [5, 5.41) is 6.82. The minimum atomic E-state index is -0.253. The van der Waals surface area contributed by atoms with E-state index in [1.807, 2.05) is 19.9 Å². The van der Waals surface area contributed by atoms with E-state index in [-0.39, 0.29) is 11.8 Å². The number of benzene rings is 2. The second-order valence-corrected chi connectivity index (χ2v) is 9.20. The molecule has 2 rings (SSSR count). The van der Waals surface area contributed by atoms with Gasteiger partial charge in [0.15, 0.2) is 11.5 Å². The van der Waals surface area contributed by atoms with Gasteiger partial charge in [-0.25, -0.2) is 0 Å². The van der Waals surface area contributed by atoms with Gasteiger partial charge in [-0.05, 0) is 56.0 Å². The predicted octanol–water partition coefficient (Wildman–Crippen LogP) is 6.92. The van der Waals surface area contributed by atoms with Crippen molar-refractivity contribution in [1.82, 2.24) is 10.6 Å². The van der Waals surface area contributed by atoms with Crippen LogP contribution < -0.4 is 20.1 Å². The largest absolute Gasteiger partial charge is 0.494 e. The number of hydrogen-bond acceptors (Lipinski definition) is 4. The van der Waals surface area contributed by atoms with Crippen LogP contribution in [0, 0.1) is 13.8 Å². The number of ether oxygens (including phenoxy) is 2. The van der Waals surface area contributed by atoms with Gasteiger partial charge < -0.3 is 20.1 Å². The zero-order valence-electron chi connectivity index (χ0n) is 21.5. The molecule has 10 heteroatoms. The van der Waals surface area contributed by atoms with Gasteiger partial charge in [0.05, 0.1) is 34.3 Å². The predicted molar refractivity (Wildman–Crippen MR) is 151 cm³/mol. The molecule has 0 spiro atoms. The maximum atomic E-state index is 11.6. The lowest BCUT2D eigenvalue weighted by Gasteiger charge is -2.16. The van der Waals surface area contributed by atoms with Gasteiger partial charge in [-0.1, -0.05) is 52.5 Å². The summed E-state index contributed by atoms with van der Waals surface area (Å²) in [6, 6.07) is 3.67. The van der Waals surface area contributed by atoms with Crippen LogP contribution in [0.15, 0.2) is 24.3 Å². The van der Waals surface area contributed by atoms with Crippen LogP contribution in [0.25, 0.3) is 11.1 Å². The Labute approximate surface area is 232 Å². The van der Waals surface area contributed by atoms with Crippen LogP contribution in [0.4, 0.5) is 0 Å². The van der Waals surface area contributed by atoms with Crippen molar-refractivity contribution >= 4 is 69.4 Å². The van der Waals surface area contributed by atoms with Crippen LogP contribution in [0.1, 0.15) is 36.1 Å². The number of amides is 2. The van der Waals surface area contributed by atoms with Crippen LogP contribution in [0.3, 0.4) is 0 Å². The van der Waals surface area contributed by atoms with E-state index in [1.54, 1.807) is 27.0 Å². The molecule has 0 saturated heterocycles. The van der Waals surface area contributed by atoms with Gasteiger partial charge in [0.25, 0.3) is 0 Å². The average molecular weight is 576 g/mol. The second-order valence-electron chi connectivity index (χ2n) is 7.69. The van der Waals surface area contributed by atoms with Gasteiger partial charge in [0, 0.05) is 37.4 Å². The normalized spacial score (nSPS) is 11.3. The second kappa shape index (κ2) is 14.4. The van der Waals surface area contributed by atoms with Crippen LogP contribution >= 0.6 is 46.4 Å². The van der Waals surface area contributed by atoms with E-state index in [1.165, 1.54) is 33.4 Å².